The lowest BCUT2D eigenvalue weighted by Crippen LogP contribution is -2.32. The van der Waals surface area contributed by atoms with Crippen LogP contribution in [0.4, 0.5) is 0 Å². The molecule has 1 aromatic carbocycles. The molecule has 0 spiro atoms. The Kier molecular flexibility index (Phi) is 4.70. The van der Waals surface area contributed by atoms with Crippen molar-refractivity contribution in [1.82, 2.24) is 14.5 Å². The van der Waals surface area contributed by atoms with E-state index in [4.69, 9.17) is 5.26 Å². The summed E-state index contributed by atoms with van der Waals surface area (Å²) in [4.78, 5) is 29.3. The van der Waals surface area contributed by atoms with Crippen molar-refractivity contribution >= 4 is 16.9 Å². The second-order valence-electron chi connectivity index (χ2n) is 6.36. The number of H-pyrrole nitrogens is 1. The molecule has 1 amide bonds. The number of imidazole rings is 1. The fourth-order valence-corrected chi connectivity index (χ4v) is 3.58. The van der Waals surface area contributed by atoms with Gasteiger partial charge >= 0.3 is 5.69 Å². The zero-order chi connectivity index (χ0) is 17.1. The quantitative estimate of drug-likeness (QED) is 0.858. The van der Waals surface area contributed by atoms with Crippen molar-refractivity contribution in [2.75, 3.05) is 13.1 Å². The van der Waals surface area contributed by atoms with Crippen LogP contribution >= 0.6 is 0 Å². The zero-order valence-electron chi connectivity index (χ0n) is 13.9. The standard InChI is InChI=1S/C18H22N4O2/c1-2-10-21(11-9-19)17(23)13-7-8-16-15(12-13)20-18(24)22(16)14-5-3-4-6-14/h7-8,12,14H,2-6,10-11H2,1H3,(H,20,24). The van der Waals surface area contributed by atoms with E-state index in [0.717, 1.165) is 37.6 Å². The Hall–Kier alpha value is -2.55. The maximum absolute atomic E-state index is 12.6. The number of hydrogen-bond donors (Lipinski definition) is 1. The van der Waals surface area contributed by atoms with Crippen LogP contribution in [-0.4, -0.2) is 33.4 Å². The third-order valence-corrected chi connectivity index (χ3v) is 4.70. The molecule has 1 aromatic heterocycles. The van der Waals surface area contributed by atoms with Gasteiger partial charge in [-0.1, -0.05) is 19.8 Å². The Balaban J connectivity index is 1.96. The molecule has 126 valence electrons. The first-order chi connectivity index (χ1) is 11.7. The van der Waals surface area contributed by atoms with E-state index >= 15 is 0 Å². The number of fused-ring (bicyclic) bond motifs is 1. The Morgan fingerprint density at radius 2 is 2.17 bits per heavy atom. The molecule has 0 unspecified atom stereocenters. The number of amides is 1. The molecule has 24 heavy (non-hydrogen) atoms. The molecule has 3 rings (SSSR count). The summed E-state index contributed by atoms with van der Waals surface area (Å²) in [5.41, 5.74) is 1.94. The highest BCUT2D eigenvalue weighted by Crippen LogP contribution is 2.30. The first kappa shape index (κ1) is 16.3. The molecule has 1 aliphatic carbocycles. The van der Waals surface area contributed by atoms with Gasteiger partial charge in [0.05, 0.1) is 17.1 Å². The van der Waals surface area contributed by atoms with Crippen LogP contribution in [0.25, 0.3) is 11.0 Å². The van der Waals surface area contributed by atoms with Crippen LogP contribution in [0.5, 0.6) is 0 Å². The van der Waals surface area contributed by atoms with Gasteiger partial charge in [0.1, 0.15) is 6.54 Å². The van der Waals surface area contributed by atoms with Crippen molar-refractivity contribution in [2.24, 2.45) is 0 Å². The van der Waals surface area contributed by atoms with Gasteiger partial charge in [0.15, 0.2) is 0 Å². The van der Waals surface area contributed by atoms with Crippen molar-refractivity contribution < 1.29 is 4.79 Å². The Labute approximate surface area is 140 Å². The molecule has 0 aliphatic heterocycles. The fraction of sp³-hybridized carbons (Fsp3) is 0.500. The SMILES string of the molecule is CCCN(CC#N)C(=O)c1ccc2c(c1)[nH]c(=O)n2C1CCCC1. The summed E-state index contributed by atoms with van der Waals surface area (Å²) >= 11 is 0. The largest absolute Gasteiger partial charge is 0.326 e. The molecular formula is C18H22N4O2. The number of aromatic amines is 1. The first-order valence-electron chi connectivity index (χ1n) is 8.56. The predicted octanol–water partition coefficient (Wildman–Crippen LogP) is 2.82. The van der Waals surface area contributed by atoms with Gasteiger partial charge in [0.25, 0.3) is 5.91 Å². The van der Waals surface area contributed by atoms with Gasteiger partial charge in [-0.15, -0.1) is 0 Å². The highest BCUT2D eigenvalue weighted by molar-refractivity contribution is 5.97. The summed E-state index contributed by atoms with van der Waals surface area (Å²) in [6, 6.07) is 7.61. The molecule has 1 saturated carbocycles. The van der Waals surface area contributed by atoms with Crippen molar-refractivity contribution in [2.45, 2.75) is 45.1 Å². The molecule has 1 fully saturated rings. The summed E-state index contributed by atoms with van der Waals surface area (Å²) in [5.74, 6) is -0.172. The molecule has 0 bridgehead atoms. The molecule has 1 N–H and O–H groups in total. The normalized spacial score (nSPS) is 14.8. The topological polar surface area (TPSA) is 81.9 Å². The third-order valence-electron chi connectivity index (χ3n) is 4.70. The molecule has 2 aromatic rings. The monoisotopic (exact) mass is 326 g/mol. The van der Waals surface area contributed by atoms with Gasteiger partial charge in [-0.25, -0.2) is 4.79 Å². The predicted molar refractivity (Wildman–Crippen MR) is 91.9 cm³/mol. The van der Waals surface area contributed by atoms with Crippen molar-refractivity contribution in [3.8, 4) is 6.07 Å². The average Bonchev–Trinajstić information content (AvgIpc) is 3.19. The Morgan fingerprint density at radius 3 is 2.83 bits per heavy atom. The van der Waals surface area contributed by atoms with E-state index in [0.29, 0.717) is 17.6 Å². The summed E-state index contributed by atoms with van der Waals surface area (Å²) in [5, 5.41) is 8.90. The van der Waals surface area contributed by atoms with Gasteiger partial charge in [-0.2, -0.15) is 5.26 Å². The molecule has 0 saturated heterocycles. The number of carbonyl (C=O) groups excluding carboxylic acids is 1. The minimum Gasteiger partial charge on any atom is -0.325 e. The number of nitrogens with one attached hydrogen (secondary N) is 1. The third kappa shape index (κ3) is 2.94. The van der Waals surface area contributed by atoms with Crippen LogP contribution in [0.3, 0.4) is 0 Å². The number of rotatable bonds is 5. The smallest absolute Gasteiger partial charge is 0.325 e. The van der Waals surface area contributed by atoms with E-state index in [2.05, 4.69) is 4.98 Å². The maximum Gasteiger partial charge on any atom is 0.326 e. The van der Waals surface area contributed by atoms with Gasteiger partial charge < -0.3 is 9.88 Å². The Morgan fingerprint density at radius 1 is 1.42 bits per heavy atom. The number of hydrogen-bond acceptors (Lipinski definition) is 3. The lowest BCUT2D eigenvalue weighted by molar-refractivity contribution is 0.0776. The summed E-state index contributed by atoms with van der Waals surface area (Å²) < 4.78 is 1.83. The average molecular weight is 326 g/mol. The number of nitriles is 1. The lowest BCUT2D eigenvalue weighted by Gasteiger charge is -2.18. The Bertz CT molecular complexity index is 837. The van der Waals surface area contributed by atoms with E-state index < -0.39 is 0 Å². The second-order valence-corrected chi connectivity index (χ2v) is 6.36. The van der Waals surface area contributed by atoms with Gasteiger partial charge in [-0.3, -0.25) is 9.36 Å². The number of aromatic nitrogens is 2. The zero-order valence-corrected chi connectivity index (χ0v) is 13.9. The van der Waals surface area contributed by atoms with Gasteiger partial charge in [0.2, 0.25) is 0 Å². The minimum atomic E-state index is -0.172. The number of benzene rings is 1. The van der Waals surface area contributed by atoms with Crippen molar-refractivity contribution in [3.63, 3.8) is 0 Å². The summed E-state index contributed by atoms with van der Waals surface area (Å²) in [6.07, 6.45) is 5.16. The molecule has 6 heteroatoms. The summed E-state index contributed by atoms with van der Waals surface area (Å²) in [7, 11) is 0. The van der Waals surface area contributed by atoms with Crippen LogP contribution in [0.15, 0.2) is 23.0 Å². The highest BCUT2D eigenvalue weighted by Gasteiger charge is 2.22. The minimum absolute atomic E-state index is 0.0737. The van der Waals surface area contributed by atoms with Crippen molar-refractivity contribution in [1.29, 1.82) is 5.26 Å². The van der Waals surface area contributed by atoms with Gasteiger partial charge in [0, 0.05) is 18.2 Å². The molecule has 1 aliphatic rings. The number of carbonyl (C=O) groups is 1. The van der Waals surface area contributed by atoms with Crippen LogP contribution in [0.1, 0.15) is 55.4 Å². The van der Waals surface area contributed by atoms with E-state index in [1.54, 1.807) is 12.1 Å². The van der Waals surface area contributed by atoms with Crippen LogP contribution in [0, 0.1) is 11.3 Å². The van der Waals surface area contributed by atoms with Crippen LogP contribution in [0.2, 0.25) is 0 Å². The fourth-order valence-electron chi connectivity index (χ4n) is 3.58. The first-order valence-corrected chi connectivity index (χ1v) is 8.56. The van der Waals surface area contributed by atoms with E-state index in [-0.39, 0.29) is 24.2 Å². The maximum atomic E-state index is 12.6. The summed E-state index contributed by atoms with van der Waals surface area (Å²) in [6.45, 7) is 2.59. The van der Waals surface area contributed by atoms with Crippen molar-refractivity contribution in [3.05, 3.63) is 34.2 Å². The number of nitrogens with zero attached hydrogens (tertiary/aromatic N) is 3. The molecule has 6 nitrogen and oxygen atoms in total. The lowest BCUT2D eigenvalue weighted by atomic mass is 10.1. The molecule has 0 radical (unpaired) electrons. The highest BCUT2D eigenvalue weighted by atomic mass is 16.2. The second kappa shape index (κ2) is 6.91. The molecule has 0 atom stereocenters. The van der Waals surface area contributed by atoms with Crippen LogP contribution < -0.4 is 5.69 Å². The molecule has 1 heterocycles. The van der Waals surface area contributed by atoms with Crippen LogP contribution in [-0.2, 0) is 0 Å². The van der Waals surface area contributed by atoms with E-state index in [1.807, 2.05) is 23.6 Å². The van der Waals surface area contributed by atoms with Gasteiger partial charge in [-0.05, 0) is 37.5 Å². The van der Waals surface area contributed by atoms with E-state index in [1.165, 1.54) is 4.90 Å². The molecular weight excluding hydrogens is 304 g/mol. The van der Waals surface area contributed by atoms with E-state index in [9.17, 15) is 9.59 Å².